The molecular formula is C13H17NO3. The molecule has 1 aliphatic heterocycles. The Balaban J connectivity index is 2.19. The van der Waals surface area contributed by atoms with Crippen molar-refractivity contribution in [2.75, 3.05) is 13.2 Å². The average Bonchev–Trinajstić information content (AvgIpc) is 2.58. The lowest BCUT2D eigenvalue weighted by Gasteiger charge is -2.29. The molecule has 0 radical (unpaired) electrons. The first-order valence-corrected chi connectivity index (χ1v) is 5.66. The molecule has 1 aromatic rings. The molecule has 0 saturated carbocycles. The van der Waals surface area contributed by atoms with E-state index in [4.69, 9.17) is 4.74 Å². The Bertz CT molecular complexity index is 432. The van der Waals surface area contributed by atoms with Crippen LogP contribution in [0.4, 0.5) is 4.79 Å². The lowest BCUT2D eigenvalue weighted by Crippen LogP contribution is -2.47. The van der Waals surface area contributed by atoms with Gasteiger partial charge in [-0.2, -0.15) is 0 Å². The number of carbonyl (C=O) groups is 1. The summed E-state index contributed by atoms with van der Waals surface area (Å²) >= 11 is 0. The fourth-order valence-electron chi connectivity index (χ4n) is 1.97. The van der Waals surface area contributed by atoms with Crippen molar-refractivity contribution in [1.29, 1.82) is 0 Å². The lowest BCUT2D eigenvalue weighted by atomic mass is 10.0. The molecule has 4 heteroatoms. The molecule has 1 heterocycles. The van der Waals surface area contributed by atoms with E-state index in [9.17, 15) is 9.90 Å². The lowest BCUT2D eigenvalue weighted by molar-refractivity contribution is 0.0957. The molecule has 1 aromatic carbocycles. The van der Waals surface area contributed by atoms with E-state index >= 15 is 0 Å². The summed E-state index contributed by atoms with van der Waals surface area (Å²) in [5, 5.41) is 9.37. The van der Waals surface area contributed by atoms with E-state index in [0.717, 1.165) is 11.1 Å². The van der Waals surface area contributed by atoms with Crippen LogP contribution in [0.25, 0.3) is 0 Å². The van der Waals surface area contributed by atoms with Gasteiger partial charge in [-0.05, 0) is 19.4 Å². The van der Waals surface area contributed by atoms with E-state index in [0.29, 0.717) is 6.54 Å². The Morgan fingerprint density at radius 3 is 2.94 bits per heavy atom. The topological polar surface area (TPSA) is 49.8 Å². The molecule has 1 aliphatic rings. The first kappa shape index (κ1) is 11.9. The third-order valence-electron chi connectivity index (χ3n) is 3.14. The highest BCUT2D eigenvalue weighted by molar-refractivity contribution is 5.71. The van der Waals surface area contributed by atoms with E-state index in [1.165, 1.54) is 0 Å². The van der Waals surface area contributed by atoms with Crippen molar-refractivity contribution in [2.24, 2.45) is 0 Å². The second-order valence-corrected chi connectivity index (χ2v) is 4.78. The number of ether oxygens (including phenoxy) is 1. The summed E-state index contributed by atoms with van der Waals surface area (Å²) in [7, 11) is 0. The predicted molar refractivity (Wildman–Crippen MR) is 63.6 cm³/mol. The van der Waals surface area contributed by atoms with Crippen LogP contribution in [0.1, 0.15) is 18.1 Å². The number of carbonyl (C=O) groups excluding carboxylic acids is 1. The van der Waals surface area contributed by atoms with Crippen molar-refractivity contribution < 1.29 is 14.6 Å². The Morgan fingerprint density at radius 1 is 1.53 bits per heavy atom. The molecule has 2 rings (SSSR count). The van der Waals surface area contributed by atoms with Crippen molar-refractivity contribution in [3.05, 3.63) is 35.4 Å². The maximum absolute atomic E-state index is 11.6. The molecule has 1 N–H and O–H groups in total. The summed E-state index contributed by atoms with van der Waals surface area (Å²) in [6, 6.07) is 7.97. The van der Waals surface area contributed by atoms with Gasteiger partial charge in [-0.3, -0.25) is 4.90 Å². The number of amides is 1. The monoisotopic (exact) mass is 235 g/mol. The fraction of sp³-hybridized carbons (Fsp3) is 0.462. The quantitative estimate of drug-likeness (QED) is 0.867. The molecule has 1 unspecified atom stereocenters. The van der Waals surface area contributed by atoms with E-state index in [1.54, 1.807) is 4.90 Å². The summed E-state index contributed by atoms with van der Waals surface area (Å²) < 4.78 is 5.00. The van der Waals surface area contributed by atoms with Gasteiger partial charge in [0.1, 0.15) is 12.1 Å². The number of aliphatic hydroxyl groups excluding tert-OH is 1. The van der Waals surface area contributed by atoms with E-state index < -0.39 is 5.54 Å². The first-order valence-electron chi connectivity index (χ1n) is 5.66. The highest BCUT2D eigenvalue weighted by atomic mass is 16.6. The van der Waals surface area contributed by atoms with Crippen LogP contribution in [0.15, 0.2) is 24.3 Å². The van der Waals surface area contributed by atoms with Crippen LogP contribution < -0.4 is 0 Å². The predicted octanol–water partition coefficient (Wildman–Crippen LogP) is 1.70. The largest absolute Gasteiger partial charge is 0.447 e. The van der Waals surface area contributed by atoms with Crippen molar-refractivity contribution in [1.82, 2.24) is 4.90 Å². The van der Waals surface area contributed by atoms with Crippen molar-refractivity contribution in [3.63, 3.8) is 0 Å². The van der Waals surface area contributed by atoms with Gasteiger partial charge in [-0.15, -0.1) is 0 Å². The molecule has 1 fully saturated rings. The molecule has 0 aromatic heterocycles. The minimum atomic E-state index is -0.610. The molecule has 1 atom stereocenters. The number of nitrogens with zero attached hydrogens (tertiary/aromatic N) is 1. The van der Waals surface area contributed by atoms with Gasteiger partial charge >= 0.3 is 6.09 Å². The van der Waals surface area contributed by atoms with Gasteiger partial charge in [0.2, 0.25) is 0 Å². The highest BCUT2D eigenvalue weighted by Gasteiger charge is 2.43. The fourth-order valence-corrected chi connectivity index (χ4v) is 1.97. The number of rotatable bonds is 3. The van der Waals surface area contributed by atoms with Gasteiger partial charge in [0.15, 0.2) is 0 Å². The Hall–Kier alpha value is -1.55. The van der Waals surface area contributed by atoms with Crippen LogP contribution in [-0.2, 0) is 11.3 Å². The highest BCUT2D eigenvalue weighted by Crippen LogP contribution is 2.25. The van der Waals surface area contributed by atoms with Gasteiger partial charge in [0, 0.05) is 6.54 Å². The second kappa shape index (κ2) is 4.37. The Morgan fingerprint density at radius 2 is 2.29 bits per heavy atom. The summed E-state index contributed by atoms with van der Waals surface area (Å²) in [6.45, 7) is 4.46. The van der Waals surface area contributed by atoms with Gasteiger partial charge in [0.25, 0.3) is 0 Å². The molecule has 4 nitrogen and oxygen atoms in total. The molecule has 1 amide bonds. The smallest absolute Gasteiger partial charge is 0.410 e. The van der Waals surface area contributed by atoms with Crippen molar-refractivity contribution in [3.8, 4) is 0 Å². The van der Waals surface area contributed by atoms with Crippen molar-refractivity contribution in [2.45, 2.75) is 25.9 Å². The first-order chi connectivity index (χ1) is 8.05. The molecular weight excluding hydrogens is 218 g/mol. The van der Waals surface area contributed by atoms with Gasteiger partial charge in [0.05, 0.1) is 6.61 Å². The van der Waals surface area contributed by atoms with Gasteiger partial charge < -0.3 is 9.84 Å². The minimum Gasteiger partial charge on any atom is -0.447 e. The number of benzene rings is 1. The Labute approximate surface area is 101 Å². The van der Waals surface area contributed by atoms with E-state index in [1.807, 2.05) is 38.1 Å². The van der Waals surface area contributed by atoms with Crippen LogP contribution in [0.2, 0.25) is 0 Å². The zero-order valence-electron chi connectivity index (χ0n) is 10.1. The summed E-state index contributed by atoms with van der Waals surface area (Å²) in [5.41, 5.74) is 1.59. The minimum absolute atomic E-state index is 0.0927. The second-order valence-electron chi connectivity index (χ2n) is 4.78. The van der Waals surface area contributed by atoms with Crippen LogP contribution in [0.5, 0.6) is 0 Å². The maximum Gasteiger partial charge on any atom is 0.410 e. The molecule has 0 spiro atoms. The Kier molecular flexibility index (Phi) is 3.07. The van der Waals surface area contributed by atoms with Gasteiger partial charge in [-0.25, -0.2) is 4.79 Å². The number of aliphatic hydroxyl groups is 1. The molecule has 0 aliphatic carbocycles. The zero-order chi connectivity index (χ0) is 12.5. The summed E-state index contributed by atoms with van der Waals surface area (Å²) in [4.78, 5) is 13.2. The summed E-state index contributed by atoms with van der Waals surface area (Å²) in [6.07, 6.45) is -0.358. The molecule has 0 bridgehead atoms. The molecule has 92 valence electrons. The van der Waals surface area contributed by atoms with Gasteiger partial charge in [-0.1, -0.05) is 29.8 Å². The zero-order valence-corrected chi connectivity index (χ0v) is 10.1. The number of aryl methyl sites for hydroxylation is 1. The standard InChI is InChI=1S/C13H17NO3/c1-10-4-3-5-11(6-10)7-14-12(16)17-9-13(14,2)8-15/h3-6,15H,7-9H2,1-2H3. The third kappa shape index (κ3) is 2.26. The van der Waals surface area contributed by atoms with Crippen LogP contribution in [0, 0.1) is 6.92 Å². The molecule has 1 saturated heterocycles. The SMILES string of the molecule is Cc1cccc(CN2C(=O)OCC2(C)CO)c1. The van der Waals surface area contributed by atoms with E-state index in [2.05, 4.69) is 0 Å². The maximum atomic E-state index is 11.6. The number of cyclic esters (lactones) is 1. The normalized spacial score (nSPS) is 23.9. The third-order valence-corrected chi connectivity index (χ3v) is 3.14. The number of hydrogen-bond acceptors (Lipinski definition) is 3. The molecule has 17 heavy (non-hydrogen) atoms. The van der Waals surface area contributed by atoms with Crippen LogP contribution in [0.3, 0.4) is 0 Å². The number of hydrogen-bond donors (Lipinski definition) is 1. The van der Waals surface area contributed by atoms with Crippen LogP contribution in [-0.4, -0.2) is 34.9 Å². The average molecular weight is 235 g/mol. The van der Waals surface area contributed by atoms with Crippen LogP contribution >= 0.6 is 0 Å². The van der Waals surface area contributed by atoms with E-state index in [-0.39, 0.29) is 19.3 Å². The van der Waals surface area contributed by atoms with Crippen molar-refractivity contribution >= 4 is 6.09 Å². The summed E-state index contributed by atoms with van der Waals surface area (Å²) in [5.74, 6) is 0.